The molecule has 0 aliphatic rings. The van der Waals surface area contributed by atoms with Crippen LogP contribution >= 0.6 is 33.9 Å². The summed E-state index contributed by atoms with van der Waals surface area (Å²) in [6.45, 7) is 0. The standard InChI is InChI=1S/C8H12INO2S2/c1-14(11,12)3-2-7(10)6-4-8(9)13-5-6/h4-5,7H,2-3,10H2,1H3. The summed E-state index contributed by atoms with van der Waals surface area (Å²) in [6.07, 6.45) is 1.72. The van der Waals surface area contributed by atoms with Crippen molar-refractivity contribution in [1.82, 2.24) is 0 Å². The molecule has 0 amide bonds. The van der Waals surface area contributed by atoms with E-state index in [0.29, 0.717) is 6.42 Å². The van der Waals surface area contributed by atoms with Gasteiger partial charge in [-0.15, -0.1) is 11.3 Å². The SMILES string of the molecule is CS(=O)(=O)CCC(N)c1csc(I)c1. The molecule has 6 heteroatoms. The Balaban J connectivity index is 2.55. The van der Waals surface area contributed by atoms with Crippen LogP contribution in [0.5, 0.6) is 0 Å². The van der Waals surface area contributed by atoms with Crippen molar-refractivity contribution < 1.29 is 8.42 Å². The quantitative estimate of drug-likeness (QED) is 0.847. The minimum Gasteiger partial charge on any atom is -0.324 e. The van der Waals surface area contributed by atoms with Gasteiger partial charge in [-0.25, -0.2) is 8.42 Å². The van der Waals surface area contributed by atoms with Crippen LogP contribution in [0.15, 0.2) is 11.4 Å². The highest BCUT2D eigenvalue weighted by Crippen LogP contribution is 2.22. The largest absolute Gasteiger partial charge is 0.324 e. The fraction of sp³-hybridized carbons (Fsp3) is 0.500. The summed E-state index contributed by atoms with van der Waals surface area (Å²) in [6, 6.07) is 1.84. The molecule has 0 saturated heterocycles. The van der Waals surface area contributed by atoms with Crippen LogP contribution in [0.1, 0.15) is 18.0 Å². The Labute approximate surface area is 102 Å². The van der Waals surface area contributed by atoms with Gasteiger partial charge in [0, 0.05) is 12.3 Å². The van der Waals surface area contributed by atoms with Gasteiger partial charge in [0.1, 0.15) is 9.84 Å². The third-order valence-corrected chi connectivity index (χ3v) is 4.60. The molecule has 1 aromatic rings. The number of sulfone groups is 1. The molecule has 1 aromatic heterocycles. The lowest BCUT2D eigenvalue weighted by Gasteiger charge is -2.08. The fourth-order valence-electron chi connectivity index (χ4n) is 1.03. The number of halogens is 1. The van der Waals surface area contributed by atoms with Crippen molar-refractivity contribution in [3.63, 3.8) is 0 Å². The Bertz CT molecular complexity index is 399. The van der Waals surface area contributed by atoms with Crippen LogP contribution in [0.3, 0.4) is 0 Å². The molecule has 0 saturated carbocycles. The third kappa shape index (κ3) is 4.24. The Morgan fingerprint density at radius 2 is 2.29 bits per heavy atom. The second kappa shape index (κ2) is 4.91. The molecule has 14 heavy (non-hydrogen) atoms. The zero-order valence-corrected chi connectivity index (χ0v) is 11.5. The fourth-order valence-corrected chi connectivity index (χ4v) is 3.14. The van der Waals surface area contributed by atoms with E-state index < -0.39 is 9.84 Å². The predicted molar refractivity (Wildman–Crippen MR) is 68.3 cm³/mol. The molecule has 2 N–H and O–H groups in total. The van der Waals surface area contributed by atoms with E-state index in [0.717, 1.165) is 5.56 Å². The highest BCUT2D eigenvalue weighted by Gasteiger charge is 2.11. The van der Waals surface area contributed by atoms with Crippen LogP contribution < -0.4 is 5.73 Å². The summed E-state index contributed by atoms with van der Waals surface area (Å²) >= 11 is 3.85. The molecule has 1 rings (SSSR count). The van der Waals surface area contributed by atoms with E-state index in [9.17, 15) is 8.42 Å². The van der Waals surface area contributed by atoms with Crippen LogP contribution in [0.4, 0.5) is 0 Å². The maximum absolute atomic E-state index is 10.9. The van der Waals surface area contributed by atoms with Gasteiger partial charge in [-0.05, 0) is 46.0 Å². The highest BCUT2D eigenvalue weighted by atomic mass is 127. The predicted octanol–water partition coefficient (Wildman–Crippen LogP) is 1.79. The first-order chi connectivity index (χ1) is 6.38. The van der Waals surface area contributed by atoms with Crippen molar-refractivity contribution in [2.75, 3.05) is 12.0 Å². The van der Waals surface area contributed by atoms with Crippen molar-refractivity contribution >= 4 is 43.8 Å². The van der Waals surface area contributed by atoms with Gasteiger partial charge in [0.15, 0.2) is 0 Å². The van der Waals surface area contributed by atoms with Gasteiger partial charge < -0.3 is 5.73 Å². The molecule has 0 aliphatic heterocycles. The van der Waals surface area contributed by atoms with Crippen LogP contribution in [0.2, 0.25) is 0 Å². The summed E-state index contributed by atoms with van der Waals surface area (Å²) in [5.41, 5.74) is 6.88. The van der Waals surface area contributed by atoms with Gasteiger partial charge in [0.25, 0.3) is 0 Å². The molecule has 1 heterocycles. The molecular formula is C8H12INO2S2. The lowest BCUT2D eigenvalue weighted by molar-refractivity contribution is 0.592. The van der Waals surface area contributed by atoms with Gasteiger partial charge in [-0.2, -0.15) is 0 Å². The molecule has 0 aliphatic carbocycles. The second-order valence-electron chi connectivity index (χ2n) is 3.21. The van der Waals surface area contributed by atoms with Crippen LogP contribution in [0.25, 0.3) is 0 Å². The molecule has 80 valence electrons. The average Bonchev–Trinajstić information content (AvgIpc) is 2.46. The molecular weight excluding hydrogens is 333 g/mol. The van der Waals surface area contributed by atoms with Crippen molar-refractivity contribution in [3.8, 4) is 0 Å². The second-order valence-corrected chi connectivity index (χ2v) is 8.27. The molecule has 0 spiro atoms. The molecule has 0 radical (unpaired) electrons. The summed E-state index contributed by atoms with van der Waals surface area (Å²) in [5, 5.41) is 1.98. The van der Waals surface area contributed by atoms with Gasteiger partial charge >= 0.3 is 0 Å². The number of hydrogen-bond donors (Lipinski definition) is 1. The summed E-state index contributed by atoms with van der Waals surface area (Å²) in [7, 11) is -2.90. The molecule has 1 atom stereocenters. The summed E-state index contributed by atoms with van der Waals surface area (Å²) in [5.74, 6) is 0.153. The average molecular weight is 345 g/mol. The van der Waals surface area contributed by atoms with E-state index in [1.54, 1.807) is 11.3 Å². The van der Waals surface area contributed by atoms with E-state index in [4.69, 9.17) is 5.73 Å². The van der Waals surface area contributed by atoms with Gasteiger partial charge in [0.05, 0.1) is 8.64 Å². The normalized spacial score (nSPS) is 14.2. The number of nitrogens with two attached hydrogens (primary N) is 1. The molecule has 3 nitrogen and oxygen atoms in total. The van der Waals surface area contributed by atoms with Crippen molar-refractivity contribution in [2.45, 2.75) is 12.5 Å². The monoisotopic (exact) mass is 345 g/mol. The Morgan fingerprint density at radius 3 is 2.71 bits per heavy atom. The van der Waals surface area contributed by atoms with E-state index in [1.807, 2.05) is 11.4 Å². The van der Waals surface area contributed by atoms with Crippen molar-refractivity contribution in [1.29, 1.82) is 0 Å². The Morgan fingerprint density at radius 1 is 1.64 bits per heavy atom. The summed E-state index contributed by atoms with van der Waals surface area (Å²) in [4.78, 5) is 0. The minimum atomic E-state index is -2.90. The van der Waals surface area contributed by atoms with Crippen molar-refractivity contribution in [2.24, 2.45) is 5.73 Å². The maximum Gasteiger partial charge on any atom is 0.147 e. The Kier molecular flexibility index (Phi) is 4.35. The minimum absolute atomic E-state index is 0.153. The van der Waals surface area contributed by atoms with E-state index >= 15 is 0 Å². The number of rotatable bonds is 4. The van der Waals surface area contributed by atoms with E-state index in [2.05, 4.69) is 22.6 Å². The number of hydrogen-bond acceptors (Lipinski definition) is 4. The first-order valence-electron chi connectivity index (χ1n) is 4.06. The lowest BCUT2D eigenvalue weighted by Crippen LogP contribution is -2.14. The van der Waals surface area contributed by atoms with Gasteiger partial charge in [-0.1, -0.05) is 0 Å². The van der Waals surface area contributed by atoms with E-state index in [1.165, 1.54) is 9.14 Å². The van der Waals surface area contributed by atoms with Crippen LogP contribution in [0, 0.1) is 2.88 Å². The lowest BCUT2D eigenvalue weighted by atomic mass is 10.1. The first-order valence-corrected chi connectivity index (χ1v) is 8.07. The molecule has 0 bridgehead atoms. The smallest absolute Gasteiger partial charge is 0.147 e. The molecule has 1 unspecified atom stereocenters. The van der Waals surface area contributed by atoms with E-state index in [-0.39, 0.29) is 11.8 Å². The van der Waals surface area contributed by atoms with Crippen molar-refractivity contribution in [3.05, 3.63) is 19.9 Å². The third-order valence-electron chi connectivity index (χ3n) is 1.82. The highest BCUT2D eigenvalue weighted by molar-refractivity contribution is 14.1. The molecule has 0 aromatic carbocycles. The number of thiophene rings is 1. The van der Waals surface area contributed by atoms with Gasteiger partial charge in [0.2, 0.25) is 0 Å². The zero-order chi connectivity index (χ0) is 10.8. The van der Waals surface area contributed by atoms with Crippen LogP contribution in [-0.4, -0.2) is 20.4 Å². The first kappa shape index (κ1) is 12.4. The molecule has 0 fully saturated rings. The maximum atomic E-state index is 10.9. The Hall–Kier alpha value is 0.340. The zero-order valence-electron chi connectivity index (χ0n) is 7.73. The topological polar surface area (TPSA) is 60.2 Å². The van der Waals surface area contributed by atoms with Crippen LogP contribution in [-0.2, 0) is 9.84 Å². The summed E-state index contributed by atoms with van der Waals surface area (Å²) < 4.78 is 23.0. The van der Waals surface area contributed by atoms with Gasteiger partial charge in [-0.3, -0.25) is 0 Å².